The largest absolute Gasteiger partial charge is 0.506 e. The van der Waals surface area contributed by atoms with E-state index >= 15 is 0 Å². The topological polar surface area (TPSA) is 67.6 Å². The van der Waals surface area contributed by atoms with E-state index in [4.69, 9.17) is 4.74 Å². The Labute approximate surface area is 207 Å². The summed E-state index contributed by atoms with van der Waals surface area (Å²) < 4.78 is 7.26. The molecule has 6 nitrogen and oxygen atoms in total. The number of phenolic OH excluding ortho intramolecular Hbond substituents is 1. The molecule has 0 saturated carbocycles. The summed E-state index contributed by atoms with van der Waals surface area (Å²) in [6, 6.07) is 5.56. The third-order valence-electron chi connectivity index (χ3n) is 6.99. The van der Waals surface area contributed by atoms with Gasteiger partial charge < -0.3 is 19.3 Å². The number of rotatable bonds is 7. The Kier molecular flexibility index (Phi) is 7.59. The van der Waals surface area contributed by atoms with E-state index in [9.17, 15) is 9.90 Å². The van der Waals surface area contributed by atoms with Crippen LogP contribution >= 0.6 is 0 Å². The molecule has 1 fully saturated rings. The zero-order valence-electron chi connectivity index (χ0n) is 21.0. The fourth-order valence-corrected chi connectivity index (χ4v) is 5.03. The summed E-state index contributed by atoms with van der Waals surface area (Å²) >= 11 is 0. The first-order valence-electron chi connectivity index (χ1n) is 12.4. The van der Waals surface area contributed by atoms with Crippen LogP contribution in [0.15, 0.2) is 71.9 Å². The number of carbonyl (C=O) groups excluding carboxylic acids is 1. The number of imidazole rings is 1. The number of aryl methyl sites for hydroxylation is 1. The lowest BCUT2D eigenvalue weighted by molar-refractivity contribution is -0.130. The van der Waals surface area contributed by atoms with Crippen LogP contribution in [0.25, 0.3) is 11.8 Å². The molecule has 1 saturated heterocycles. The van der Waals surface area contributed by atoms with Crippen molar-refractivity contribution in [3.63, 3.8) is 0 Å². The van der Waals surface area contributed by atoms with Crippen molar-refractivity contribution in [2.45, 2.75) is 58.4 Å². The molecular weight excluding hydrogens is 438 g/mol. The maximum absolute atomic E-state index is 13.6. The molecule has 35 heavy (non-hydrogen) atoms. The molecule has 0 bridgehead atoms. The van der Waals surface area contributed by atoms with E-state index in [1.165, 1.54) is 5.57 Å². The smallest absolute Gasteiger partial charge is 0.250 e. The van der Waals surface area contributed by atoms with Gasteiger partial charge in [0.2, 0.25) is 5.91 Å². The first kappa shape index (κ1) is 24.6. The number of hydrogen-bond acceptors (Lipinski definition) is 4. The number of phenols is 1. The van der Waals surface area contributed by atoms with Crippen LogP contribution in [0, 0.1) is 0 Å². The van der Waals surface area contributed by atoms with Crippen LogP contribution in [0.3, 0.4) is 0 Å². The molecule has 6 heteroatoms. The number of nitrogens with zero attached hydrogens (tertiary/aromatic N) is 3. The summed E-state index contributed by atoms with van der Waals surface area (Å²) in [4.78, 5) is 20.0. The predicted molar refractivity (Wildman–Crippen MR) is 139 cm³/mol. The molecule has 2 aliphatic rings. The molecule has 2 aromatic rings. The van der Waals surface area contributed by atoms with Crippen molar-refractivity contribution in [3.8, 4) is 11.4 Å². The maximum Gasteiger partial charge on any atom is 0.250 e. The van der Waals surface area contributed by atoms with E-state index in [1.807, 2.05) is 46.9 Å². The molecule has 0 radical (unpaired) electrons. The van der Waals surface area contributed by atoms with E-state index in [0.717, 1.165) is 67.5 Å². The molecule has 1 atom stereocenters. The quantitative estimate of drug-likeness (QED) is 0.317. The molecule has 1 N–H and O–H groups in total. The van der Waals surface area contributed by atoms with Crippen LogP contribution < -0.4 is 0 Å². The molecule has 0 spiro atoms. The van der Waals surface area contributed by atoms with Gasteiger partial charge in [0, 0.05) is 18.3 Å². The number of benzene rings is 1. The minimum atomic E-state index is 0.0369. The number of ether oxygens (including phenoxy) is 1. The second-order valence-electron chi connectivity index (χ2n) is 9.24. The zero-order chi connectivity index (χ0) is 24.9. The number of piperidine rings is 1. The fourth-order valence-electron chi connectivity index (χ4n) is 5.03. The van der Waals surface area contributed by atoms with Gasteiger partial charge in [-0.15, -0.1) is 0 Å². The van der Waals surface area contributed by atoms with Crippen molar-refractivity contribution >= 4 is 12.0 Å². The molecule has 1 aromatic heterocycles. The van der Waals surface area contributed by atoms with Gasteiger partial charge in [0.05, 0.1) is 30.9 Å². The highest BCUT2D eigenvalue weighted by molar-refractivity contribution is 5.99. The van der Waals surface area contributed by atoms with Crippen LogP contribution in [-0.4, -0.2) is 45.2 Å². The minimum absolute atomic E-state index is 0.0369. The van der Waals surface area contributed by atoms with Crippen molar-refractivity contribution in [2.75, 3.05) is 13.7 Å². The SMILES string of the molecule is C=C/C(=C\C1=C(C)CCC[C@@H]1N1CCC/C(=C\c2ccc(-n3cnc(CC)c3)c(O)c2)C1=O)OC. The number of amides is 1. The zero-order valence-corrected chi connectivity index (χ0v) is 21.0. The van der Waals surface area contributed by atoms with E-state index in [0.29, 0.717) is 11.4 Å². The monoisotopic (exact) mass is 473 g/mol. The molecule has 0 unspecified atom stereocenters. The predicted octanol–water partition coefficient (Wildman–Crippen LogP) is 5.73. The van der Waals surface area contributed by atoms with Crippen molar-refractivity contribution in [3.05, 3.63) is 83.2 Å². The molecule has 1 aliphatic heterocycles. The van der Waals surface area contributed by atoms with E-state index < -0.39 is 0 Å². The molecule has 4 rings (SSSR count). The van der Waals surface area contributed by atoms with Crippen molar-refractivity contribution in [2.24, 2.45) is 0 Å². The highest BCUT2D eigenvalue weighted by Gasteiger charge is 2.33. The van der Waals surface area contributed by atoms with E-state index in [1.54, 1.807) is 25.6 Å². The number of likely N-dealkylation sites (tertiary alicyclic amines) is 1. The van der Waals surface area contributed by atoms with Gasteiger partial charge in [-0.1, -0.05) is 25.1 Å². The fraction of sp³-hybridized carbons (Fsp3) is 0.379. The van der Waals surface area contributed by atoms with Gasteiger partial charge >= 0.3 is 0 Å². The number of hydrogen-bond donors (Lipinski definition) is 1. The maximum atomic E-state index is 13.6. The minimum Gasteiger partial charge on any atom is -0.506 e. The molecule has 2 heterocycles. The highest BCUT2D eigenvalue weighted by Crippen LogP contribution is 2.34. The Morgan fingerprint density at radius 2 is 2.14 bits per heavy atom. The Morgan fingerprint density at radius 3 is 2.83 bits per heavy atom. The van der Waals surface area contributed by atoms with Gasteiger partial charge in [0.1, 0.15) is 11.5 Å². The standard InChI is InChI=1S/C29H35N3O3/c1-5-23-18-31(19-30-23)27-13-12-21(16-28(27)33)15-22-10-8-14-32(29(22)34)26-11-7-9-20(3)25(26)17-24(6-2)35-4/h6,12-13,15-19,26,33H,2,5,7-11,14H2,1,3-4H3/b22-15+,24-17+/t26-/m0/s1. The lowest BCUT2D eigenvalue weighted by Gasteiger charge is -2.39. The molecule has 1 amide bonds. The Bertz CT molecular complexity index is 1200. The first-order chi connectivity index (χ1) is 16.9. The van der Waals surface area contributed by atoms with Crippen LogP contribution in [0.1, 0.15) is 57.2 Å². The summed E-state index contributed by atoms with van der Waals surface area (Å²) in [5.41, 5.74) is 5.70. The summed E-state index contributed by atoms with van der Waals surface area (Å²) in [6.45, 7) is 8.78. The van der Waals surface area contributed by atoms with Crippen LogP contribution in [-0.2, 0) is 16.0 Å². The average molecular weight is 474 g/mol. The van der Waals surface area contributed by atoms with Crippen LogP contribution in [0.5, 0.6) is 5.75 Å². The van der Waals surface area contributed by atoms with Crippen molar-refractivity contribution in [1.29, 1.82) is 0 Å². The number of aromatic nitrogens is 2. The summed E-state index contributed by atoms with van der Waals surface area (Å²) in [5, 5.41) is 10.7. The Morgan fingerprint density at radius 1 is 1.31 bits per heavy atom. The molecular formula is C29H35N3O3. The number of carbonyl (C=O) groups is 1. The second kappa shape index (κ2) is 10.8. The third kappa shape index (κ3) is 5.26. The number of aromatic hydroxyl groups is 1. The molecule has 1 aliphatic carbocycles. The third-order valence-corrected chi connectivity index (χ3v) is 6.99. The molecule has 184 valence electrons. The van der Waals surface area contributed by atoms with Gasteiger partial charge in [-0.05, 0) is 86.9 Å². The van der Waals surface area contributed by atoms with Gasteiger partial charge in [0.15, 0.2) is 0 Å². The normalized spacial score (nSPS) is 20.5. The Hall–Kier alpha value is -3.54. The summed E-state index contributed by atoms with van der Waals surface area (Å²) in [5.74, 6) is 0.950. The summed E-state index contributed by atoms with van der Waals surface area (Å²) in [7, 11) is 1.64. The second-order valence-corrected chi connectivity index (χ2v) is 9.24. The van der Waals surface area contributed by atoms with Crippen molar-refractivity contribution < 1.29 is 14.6 Å². The van der Waals surface area contributed by atoms with Gasteiger partial charge in [-0.25, -0.2) is 4.98 Å². The van der Waals surface area contributed by atoms with Crippen molar-refractivity contribution in [1.82, 2.24) is 14.5 Å². The summed E-state index contributed by atoms with van der Waals surface area (Å²) in [6.07, 6.45) is 14.8. The molecule has 1 aromatic carbocycles. The van der Waals surface area contributed by atoms with E-state index in [2.05, 4.69) is 18.5 Å². The number of methoxy groups -OCH3 is 1. The highest BCUT2D eigenvalue weighted by atomic mass is 16.5. The number of allylic oxidation sites excluding steroid dienone is 2. The Balaban J connectivity index is 1.59. The van der Waals surface area contributed by atoms with Crippen LogP contribution in [0.2, 0.25) is 0 Å². The van der Waals surface area contributed by atoms with Gasteiger partial charge in [0.25, 0.3) is 0 Å². The average Bonchev–Trinajstić information content (AvgIpc) is 3.34. The van der Waals surface area contributed by atoms with Gasteiger partial charge in [-0.2, -0.15) is 0 Å². The van der Waals surface area contributed by atoms with Gasteiger partial charge in [-0.3, -0.25) is 4.79 Å². The van der Waals surface area contributed by atoms with Crippen LogP contribution in [0.4, 0.5) is 0 Å². The lowest BCUT2D eigenvalue weighted by atomic mass is 9.85. The first-order valence-corrected chi connectivity index (χ1v) is 12.4. The lowest BCUT2D eigenvalue weighted by Crippen LogP contribution is -2.46. The van der Waals surface area contributed by atoms with E-state index in [-0.39, 0.29) is 17.7 Å².